The molecule has 0 spiro atoms. The number of nitrogens with one attached hydrogen (secondary N) is 2. The first-order chi connectivity index (χ1) is 11.9. The van der Waals surface area contributed by atoms with Crippen molar-refractivity contribution in [2.45, 2.75) is 12.5 Å². The number of benzene rings is 2. The molecule has 24 heavy (non-hydrogen) atoms. The Hall–Kier alpha value is -3.15. The fraction of sp³-hybridized carbons (Fsp3) is 0.167. The second kappa shape index (κ2) is 6.54. The van der Waals surface area contributed by atoms with Gasteiger partial charge in [-0.3, -0.25) is 5.01 Å². The molecular weight excluding hydrogens is 300 g/mol. The summed E-state index contributed by atoms with van der Waals surface area (Å²) in [6.07, 6.45) is 2.37. The summed E-state index contributed by atoms with van der Waals surface area (Å²) in [5, 5.41) is 16.8. The third-order valence-electron chi connectivity index (χ3n) is 4.11. The number of nitrogens with zero attached hydrogens (tertiary/aromatic N) is 4. The number of anilines is 1. The van der Waals surface area contributed by atoms with Crippen molar-refractivity contribution in [3.63, 3.8) is 0 Å². The molecule has 0 saturated heterocycles. The highest BCUT2D eigenvalue weighted by Gasteiger charge is 2.28. The van der Waals surface area contributed by atoms with Gasteiger partial charge in [0.05, 0.1) is 11.8 Å². The van der Waals surface area contributed by atoms with Gasteiger partial charge in [0.1, 0.15) is 13.0 Å². The minimum absolute atomic E-state index is 0.205. The minimum atomic E-state index is 0.205. The Bertz CT molecular complexity index is 798. The highest BCUT2D eigenvalue weighted by Crippen LogP contribution is 2.32. The van der Waals surface area contributed by atoms with Crippen LogP contribution in [0.4, 0.5) is 5.95 Å². The van der Waals surface area contributed by atoms with Crippen molar-refractivity contribution in [3.8, 4) is 0 Å². The van der Waals surface area contributed by atoms with Crippen LogP contribution >= 0.6 is 0 Å². The summed E-state index contributed by atoms with van der Waals surface area (Å²) < 4.78 is 0. The Morgan fingerprint density at radius 1 is 1.04 bits per heavy atom. The predicted octanol–water partition coefficient (Wildman–Crippen LogP) is 3.03. The smallest absolute Gasteiger partial charge is 0.219 e. The molecule has 6 nitrogen and oxygen atoms in total. The second-order valence-electron chi connectivity index (χ2n) is 5.65. The average Bonchev–Trinajstić information content (AvgIpc) is 3.31. The molecule has 2 heterocycles. The van der Waals surface area contributed by atoms with Crippen molar-refractivity contribution in [3.05, 3.63) is 78.1 Å². The van der Waals surface area contributed by atoms with E-state index in [1.165, 1.54) is 17.5 Å². The van der Waals surface area contributed by atoms with Crippen molar-refractivity contribution in [2.24, 2.45) is 5.10 Å². The standard InChI is InChI=1S/C18H18N6/c1-3-7-14(8-4-1)16-11-17(15-9-5-2-6-10-15)24(23-16)13-20-18-19-12-21-22-18/h1-10,12,17H,11,13H2,(H2,19,20,21,22). The minimum Gasteiger partial charge on any atom is -0.336 e. The van der Waals surface area contributed by atoms with Crippen LogP contribution in [0.1, 0.15) is 23.6 Å². The summed E-state index contributed by atoms with van der Waals surface area (Å²) in [7, 11) is 0. The number of rotatable bonds is 5. The van der Waals surface area contributed by atoms with E-state index in [1.807, 2.05) is 24.3 Å². The van der Waals surface area contributed by atoms with E-state index >= 15 is 0 Å². The number of aromatic nitrogens is 3. The molecule has 0 amide bonds. The van der Waals surface area contributed by atoms with Crippen molar-refractivity contribution in [1.82, 2.24) is 20.2 Å². The van der Waals surface area contributed by atoms with Crippen molar-refractivity contribution >= 4 is 11.7 Å². The highest BCUT2D eigenvalue weighted by molar-refractivity contribution is 6.01. The summed E-state index contributed by atoms with van der Waals surface area (Å²) in [6, 6.07) is 21.0. The van der Waals surface area contributed by atoms with Gasteiger partial charge in [-0.25, -0.2) is 10.1 Å². The van der Waals surface area contributed by atoms with Crippen LogP contribution in [-0.4, -0.2) is 32.6 Å². The van der Waals surface area contributed by atoms with Crippen LogP contribution in [0.3, 0.4) is 0 Å². The monoisotopic (exact) mass is 318 g/mol. The van der Waals surface area contributed by atoms with Crippen molar-refractivity contribution in [2.75, 3.05) is 12.0 Å². The van der Waals surface area contributed by atoms with Gasteiger partial charge in [0, 0.05) is 6.42 Å². The topological polar surface area (TPSA) is 69.2 Å². The average molecular weight is 318 g/mol. The molecule has 1 aliphatic rings. The van der Waals surface area contributed by atoms with Crippen LogP contribution in [-0.2, 0) is 0 Å². The lowest BCUT2D eigenvalue weighted by atomic mass is 9.99. The van der Waals surface area contributed by atoms with Crippen LogP contribution < -0.4 is 5.32 Å². The zero-order chi connectivity index (χ0) is 16.2. The maximum atomic E-state index is 4.84. The van der Waals surface area contributed by atoms with Gasteiger partial charge in [0.25, 0.3) is 0 Å². The van der Waals surface area contributed by atoms with Crippen LogP contribution in [0, 0.1) is 0 Å². The first kappa shape index (κ1) is 14.4. The molecule has 6 heteroatoms. The number of H-pyrrole nitrogens is 1. The summed E-state index contributed by atoms with van der Waals surface area (Å²) in [4.78, 5) is 4.10. The van der Waals surface area contributed by atoms with Gasteiger partial charge in [0.2, 0.25) is 5.95 Å². The van der Waals surface area contributed by atoms with Crippen molar-refractivity contribution < 1.29 is 0 Å². The van der Waals surface area contributed by atoms with Crippen LogP contribution in [0.2, 0.25) is 0 Å². The molecule has 1 unspecified atom stereocenters. The van der Waals surface area contributed by atoms with Crippen LogP contribution in [0.25, 0.3) is 0 Å². The van der Waals surface area contributed by atoms with Gasteiger partial charge in [0.15, 0.2) is 0 Å². The summed E-state index contributed by atoms with van der Waals surface area (Å²) in [6.45, 7) is 0.561. The van der Waals surface area contributed by atoms with Gasteiger partial charge < -0.3 is 5.32 Å². The van der Waals surface area contributed by atoms with Crippen molar-refractivity contribution in [1.29, 1.82) is 0 Å². The quantitative estimate of drug-likeness (QED) is 0.759. The van der Waals surface area contributed by atoms with Gasteiger partial charge in [-0.05, 0) is 11.1 Å². The largest absolute Gasteiger partial charge is 0.336 e. The molecule has 1 aromatic heterocycles. The zero-order valence-corrected chi connectivity index (χ0v) is 13.1. The van der Waals surface area contributed by atoms with Gasteiger partial charge >= 0.3 is 0 Å². The predicted molar refractivity (Wildman–Crippen MR) is 93.5 cm³/mol. The molecular formula is C18H18N6. The normalized spacial score (nSPS) is 16.9. The summed E-state index contributed by atoms with van der Waals surface area (Å²) in [5.74, 6) is 0.644. The number of hydrogen-bond acceptors (Lipinski definition) is 5. The fourth-order valence-electron chi connectivity index (χ4n) is 2.92. The molecule has 2 aromatic carbocycles. The number of hydrazone groups is 1. The Labute approximate surface area is 140 Å². The van der Waals surface area contributed by atoms with E-state index in [2.05, 4.69) is 61.9 Å². The van der Waals surface area contributed by atoms with Crippen LogP contribution in [0.5, 0.6) is 0 Å². The highest BCUT2D eigenvalue weighted by atomic mass is 15.5. The van der Waals surface area contributed by atoms with Gasteiger partial charge in [-0.1, -0.05) is 60.7 Å². The third-order valence-corrected chi connectivity index (χ3v) is 4.11. The Kier molecular flexibility index (Phi) is 3.93. The SMILES string of the molecule is c1ccc(C2=NN(CNc3ncn[nH]3)C(c3ccccc3)C2)cc1. The number of aromatic amines is 1. The Balaban J connectivity index is 1.58. The van der Waals surface area contributed by atoms with E-state index in [4.69, 9.17) is 5.10 Å². The molecule has 0 radical (unpaired) electrons. The molecule has 0 fully saturated rings. The fourth-order valence-corrected chi connectivity index (χ4v) is 2.92. The van der Waals surface area contributed by atoms with E-state index in [9.17, 15) is 0 Å². The van der Waals surface area contributed by atoms with Crippen LogP contribution in [0.15, 0.2) is 72.1 Å². The lowest BCUT2D eigenvalue weighted by Crippen LogP contribution is -2.26. The lowest BCUT2D eigenvalue weighted by molar-refractivity contribution is 0.250. The molecule has 3 aromatic rings. The van der Waals surface area contributed by atoms with E-state index < -0.39 is 0 Å². The zero-order valence-electron chi connectivity index (χ0n) is 13.1. The maximum Gasteiger partial charge on any atom is 0.219 e. The van der Waals surface area contributed by atoms with Gasteiger partial charge in [-0.15, -0.1) is 0 Å². The molecule has 4 rings (SSSR count). The molecule has 1 aliphatic heterocycles. The summed E-state index contributed by atoms with van der Waals surface area (Å²) in [5.41, 5.74) is 3.52. The van der Waals surface area contributed by atoms with E-state index in [1.54, 1.807) is 0 Å². The molecule has 0 saturated carbocycles. The maximum absolute atomic E-state index is 4.84. The summed E-state index contributed by atoms with van der Waals surface area (Å²) >= 11 is 0. The number of hydrogen-bond donors (Lipinski definition) is 2. The molecule has 0 bridgehead atoms. The first-order valence-electron chi connectivity index (χ1n) is 7.94. The Morgan fingerprint density at radius 3 is 2.50 bits per heavy atom. The molecule has 2 N–H and O–H groups in total. The lowest BCUT2D eigenvalue weighted by Gasteiger charge is -2.23. The van der Waals surface area contributed by atoms with E-state index in [0.29, 0.717) is 12.6 Å². The second-order valence-corrected chi connectivity index (χ2v) is 5.65. The van der Waals surface area contributed by atoms with E-state index in [0.717, 1.165) is 12.1 Å². The Morgan fingerprint density at radius 2 is 1.79 bits per heavy atom. The molecule has 1 atom stereocenters. The van der Waals surface area contributed by atoms with Gasteiger partial charge in [-0.2, -0.15) is 10.2 Å². The molecule has 0 aliphatic carbocycles. The third kappa shape index (κ3) is 2.99. The molecule has 120 valence electrons. The first-order valence-corrected chi connectivity index (χ1v) is 7.94. The van der Waals surface area contributed by atoms with E-state index in [-0.39, 0.29) is 6.04 Å².